The molecule has 2 heterocycles. The third-order valence-electron chi connectivity index (χ3n) is 5.22. The predicted molar refractivity (Wildman–Crippen MR) is 110 cm³/mol. The number of hydrogen-bond donors (Lipinski definition) is 1. The minimum atomic E-state index is -0.911. The lowest BCUT2D eigenvalue weighted by Gasteiger charge is -2.20. The first kappa shape index (κ1) is 20.1. The van der Waals surface area contributed by atoms with Crippen molar-refractivity contribution in [3.63, 3.8) is 0 Å². The van der Waals surface area contributed by atoms with Gasteiger partial charge in [-0.1, -0.05) is 29.3 Å². The second-order valence-electron chi connectivity index (χ2n) is 7.35. The van der Waals surface area contributed by atoms with Crippen LogP contribution in [0.15, 0.2) is 34.8 Å². The van der Waals surface area contributed by atoms with Gasteiger partial charge >= 0.3 is 6.03 Å². The van der Waals surface area contributed by atoms with Crippen molar-refractivity contribution in [2.75, 3.05) is 6.54 Å². The van der Waals surface area contributed by atoms with Gasteiger partial charge in [-0.25, -0.2) is 4.79 Å². The number of benzene rings is 1. The second-order valence-corrected chi connectivity index (χ2v) is 9.07. The lowest BCUT2D eigenvalue weighted by Crippen LogP contribution is -2.46. The molecule has 152 valence electrons. The monoisotopic (exact) mass is 452 g/mol. The van der Waals surface area contributed by atoms with Gasteiger partial charge in [-0.3, -0.25) is 14.5 Å². The maximum absolute atomic E-state index is 12.7. The molecule has 4 rings (SSSR count). The molecule has 0 spiro atoms. The Kier molecular flexibility index (Phi) is 5.27. The van der Waals surface area contributed by atoms with Gasteiger partial charge in [0.2, 0.25) is 0 Å². The number of nitrogens with zero attached hydrogens (tertiary/aromatic N) is 3. The Balaban J connectivity index is 1.50. The normalized spacial score (nSPS) is 22.3. The van der Waals surface area contributed by atoms with Crippen LogP contribution in [-0.2, 0) is 16.1 Å². The zero-order valence-electron chi connectivity index (χ0n) is 15.5. The van der Waals surface area contributed by atoms with E-state index >= 15 is 0 Å². The fourth-order valence-corrected chi connectivity index (χ4v) is 4.63. The third kappa shape index (κ3) is 3.97. The number of urea groups is 1. The molecule has 0 bridgehead atoms. The summed E-state index contributed by atoms with van der Waals surface area (Å²) in [6, 6.07) is 4.67. The molecule has 0 radical (unpaired) electrons. The van der Waals surface area contributed by atoms with Crippen LogP contribution in [0.3, 0.4) is 0 Å². The minimum Gasteiger partial charge on any atom is -0.323 e. The summed E-state index contributed by atoms with van der Waals surface area (Å²) in [7, 11) is 0. The summed E-state index contributed by atoms with van der Waals surface area (Å²) in [6.07, 6.45) is 3.59. The molecule has 1 aliphatic carbocycles. The van der Waals surface area contributed by atoms with Crippen molar-refractivity contribution in [3.05, 3.63) is 50.2 Å². The Morgan fingerprint density at radius 2 is 2.10 bits per heavy atom. The molecule has 1 saturated carbocycles. The average molecular weight is 453 g/mol. The molecule has 29 heavy (non-hydrogen) atoms. The fraction of sp³-hybridized carbons (Fsp3) is 0.368. The van der Waals surface area contributed by atoms with E-state index in [0.29, 0.717) is 21.4 Å². The van der Waals surface area contributed by atoms with Crippen LogP contribution in [0.2, 0.25) is 10.0 Å². The summed E-state index contributed by atoms with van der Waals surface area (Å²) >= 11 is 13.4. The van der Waals surface area contributed by atoms with Gasteiger partial charge in [0.05, 0.1) is 6.54 Å². The Morgan fingerprint density at radius 3 is 2.79 bits per heavy atom. The summed E-state index contributed by atoms with van der Waals surface area (Å²) in [5.41, 5.74) is -0.0800. The van der Waals surface area contributed by atoms with Crippen LogP contribution in [0.1, 0.15) is 25.3 Å². The highest BCUT2D eigenvalue weighted by molar-refractivity contribution is 7.07. The van der Waals surface area contributed by atoms with Crippen molar-refractivity contribution >= 4 is 52.4 Å². The van der Waals surface area contributed by atoms with Crippen LogP contribution in [0.25, 0.3) is 0 Å². The number of aromatic nitrogens is 1. The van der Waals surface area contributed by atoms with Crippen LogP contribution >= 0.6 is 34.5 Å². The Labute approximate surface area is 180 Å². The lowest BCUT2D eigenvalue weighted by atomic mass is 9.96. The number of nitrogens with one attached hydrogen (secondary N) is 1. The van der Waals surface area contributed by atoms with Crippen molar-refractivity contribution in [1.82, 2.24) is 14.8 Å². The zero-order valence-corrected chi connectivity index (χ0v) is 17.9. The summed E-state index contributed by atoms with van der Waals surface area (Å²) in [6.45, 7) is 1.75. The van der Waals surface area contributed by atoms with Gasteiger partial charge in [0.25, 0.3) is 11.8 Å². The molecule has 4 amide bonds. The van der Waals surface area contributed by atoms with Crippen molar-refractivity contribution in [2.45, 2.75) is 31.8 Å². The average Bonchev–Trinajstić information content (AvgIpc) is 3.40. The topological polar surface area (TPSA) is 83.8 Å². The fourth-order valence-electron chi connectivity index (χ4n) is 3.41. The van der Waals surface area contributed by atoms with Crippen LogP contribution in [0.5, 0.6) is 0 Å². The number of carbonyl (C=O) groups excluding carboxylic acids is 3. The van der Waals surface area contributed by atoms with E-state index < -0.39 is 17.5 Å². The SMILES string of the molecule is CC1(C2CC2)NC(=O)N(CC(=O)N=c2sccn2Cc2ccc(Cl)cc2Cl)C1=O. The molecule has 1 saturated heterocycles. The van der Waals surface area contributed by atoms with Crippen LogP contribution < -0.4 is 10.1 Å². The highest BCUT2D eigenvalue weighted by Gasteiger charge is 2.56. The molecule has 1 N–H and O–H groups in total. The minimum absolute atomic E-state index is 0.138. The second kappa shape index (κ2) is 7.59. The van der Waals surface area contributed by atoms with Gasteiger partial charge in [-0.2, -0.15) is 4.99 Å². The number of thiazole rings is 1. The highest BCUT2D eigenvalue weighted by Crippen LogP contribution is 2.42. The third-order valence-corrected chi connectivity index (χ3v) is 6.61. The zero-order chi connectivity index (χ0) is 20.8. The maximum atomic E-state index is 12.7. The quantitative estimate of drug-likeness (QED) is 0.707. The Bertz CT molecular complexity index is 1080. The van der Waals surface area contributed by atoms with Gasteiger partial charge in [0.15, 0.2) is 4.80 Å². The van der Waals surface area contributed by atoms with E-state index in [-0.39, 0.29) is 18.4 Å². The molecule has 7 nitrogen and oxygen atoms in total. The van der Waals surface area contributed by atoms with Crippen molar-refractivity contribution in [1.29, 1.82) is 0 Å². The number of hydrogen-bond acceptors (Lipinski definition) is 4. The Hall–Kier alpha value is -2.16. The van der Waals surface area contributed by atoms with E-state index in [2.05, 4.69) is 10.3 Å². The van der Waals surface area contributed by atoms with Crippen LogP contribution in [-0.4, -0.2) is 39.4 Å². The van der Waals surface area contributed by atoms with Crippen molar-refractivity contribution in [2.24, 2.45) is 10.9 Å². The molecular formula is C19H18Cl2N4O3S. The van der Waals surface area contributed by atoms with E-state index in [0.717, 1.165) is 23.3 Å². The predicted octanol–water partition coefficient (Wildman–Crippen LogP) is 3.05. The van der Waals surface area contributed by atoms with E-state index in [1.165, 1.54) is 11.3 Å². The van der Waals surface area contributed by atoms with Gasteiger partial charge in [0.1, 0.15) is 12.1 Å². The first-order chi connectivity index (χ1) is 13.8. The maximum Gasteiger partial charge on any atom is 0.325 e. The van der Waals surface area contributed by atoms with Gasteiger partial charge in [-0.15, -0.1) is 11.3 Å². The van der Waals surface area contributed by atoms with E-state index in [9.17, 15) is 14.4 Å². The largest absolute Gasteiger partial charge is 0.325 e. The highest BCUT2D eigenvalue weighted by atomic mass is 35.5. The smallest absolute Gasteiger partial charge is 0.323 e. The molecule has 1 aromatic heterocycles. The molecule has 2 aromatic rings. The first-order valence-corrected chi connectivity index (χ1v) is 10.7. The number of imide groups is 1. The van der Waals surface area contributed by atoms with E-state index in [1.54, 1.807) is 35.2 Å². The molecule has 2 aliphatic rings. The molecule has 1 atom stereocenters. The molecule has 1 aromatic carbocycles. The number of rotatable bonds is 5. The Morgan fingerprint density at radius 1 is 1.34 bits per heavy atom. The van der Waals surface area contributed by atoms with Gasteiger partial charge in [-0.05, 0) is 43.4 Å². The van der Waals surface area contributed by atoms with E-state index in [4.69, 9.17) is 23.2 Å². The van der Waals surface area contributed by atoms with E-state index in [1.807, 2.05) is 6.07 Å². The van der Waals surface area contributed by atoms with Gasteiger partial charge in [0, 0.05) is 21.6 Å². The number of halogens is 2. The molecule has 1 aliphatic heterocycles. The lowest BCUT2D eigenvalue weighted by molar-refractivity contribution is -0.134. The number of amides is 4. The summed E-state index contributed by atoms with van der Waals surface area (Å²) in [5, 5.41) is 5.59. The van der Waals surface area contributed by atoms with Gasteiger partial charge < -0.3 is 9.88 Å². The summed E-state index contributed by atoms with van der Waals surface area (Å²) in [5.74, 6) is -0.785. The van der Waals surface area contributed by atoms with Crippen LogP contribution in [0.4, 0.5) is 4.79 Å². The van der Waals surface area contributed by atoms with Crippen molar-refractivity contribution in [3.8, 4) is 0 Å². The molecule has 10 heteroatoms. The summed E-state index contributed by atoms with van der Waals surface area (Å²) < 4.78 is 1.78. The molecule has 2 fully saturated rings. The first-order valence-electron chi connectivity index (χ1n) is 9.07. The standard InChI is InChI=1S/C19H18Cl2N4O3S/c1-19(12-3-4-12)16(27)25(17(28)23-19)10-15(26)22-18-24(6-7-29-18)9-11-2-5-13(20)8-14(11)21/h2,5-8,12H,3-4,9-10H2,1H3,(H,23,28). The van der Waals surface area contributed by atoms with Crippen molar-refractivity contribution < 1.29 is 14.4 Å². The van der Waals surface area contributed by atoms with Crippen LogP contribution in [0, 0.1) is 5.92 Å². The molecule has 1 unspecified atom stereocenters. The summed E-state index contributed by atoms with van der Waals surface area (Å²) in [4.78, 5) is 42.9. The number of carbonyl (C=O) groups is 3. The molecular weight excluding hydrogens is 435 g/mol.